The van der Waals surface area contributed by atoms with Crippen LogP contribution in [0.1, 0.15) is 25.1 Å². The van der Waals surface area contributed by atoms with Crippen molar-refractivity contribution in [2.24, 2.45) is 0 Å². The summed E-state index contributed by atoms with van der Waals surface area (Å²) in [6, 6.07) is 12.4. The highest BCUT2D eigenvalue weighted by Gasteiger charge is 2.28. The Morgan fingerprint density at radius 1 is 1.20 bits per heavy atom. The second-order valence-electron chi connectivity index (χ2n) is 6.12. The molecule has 0 amide bonds. The average Bonchev–Trinajstić information content (AvgIpc) is 3.24. The molecule has 0 aliphatic rings. The number of rotatable bonds is 6. The molecule has 1 aromatic carbocycles. The smallest absolute Gasteiger partial charge is 0.243 e. The zero-order chi connectivity index (χ0) is 18.0. The Bertz CT molecular complexity index is 927. The number of hydrogen-bond acceptors (Lipinski definition) is 5. The van der Waals surface area contributed by atoms with Gasteiger partial charge in [-0.05, 0) is 44.4 Å². The van der Waals surface area contributed by atoms with Crippen molar-refractivity contribution in [3.63, 3.8) is 0 Å². The molecule has 0 bridgehead atoms. The largest absolute Gasteiger partial charge is 0.355 e. The molecule has 0 atom stereocenters. The summed E-state index contributed by atoms with van der Waals surface area (Å²) in [4.78, 5) is 1.25. The lowest BCUT2D eigenvalue weighted by Gasteiger charge is -2.25. The van der Waals surface area contributed by atoms with Crippen LogP contribution in [0.4, 0.5) is 0 Å². The van der Waals surface area contributed by atoms with Gasteiger partial charge in [0.1, 0.15) is 0 Å². The number of benzene rings is 1. The second kappa shape index (κ2) is 7.11. The van der Waals surface area contributed by atoms with E-state index in [1.807, 2.05) is 38.3 Å². The minimum absolute atomic E-state index is 0.169. The normalized spacial score (nSPS) is 12.2. The lowest BCUT2D eigenvalue weighted by Crippen LogP contribution is -2.36. The fourth-order valence-corrected chi connectivity index (χ4v) is 4.75. The Hall–Kier alpha value is -1.96. The van der Waals surface area contributed by atoms with Crippen LogP contribution in [0.25, 0.3) is 10.6 Å². The summed E-state index contributed by atoms with van der Waals surface area (Å²) in [5.74, 6) is 0.654. The maximum Gasteiger partial charge on any atom is 0.243 e. The van der Waals surface area contributed by atoms with E-state index in [0.717, 1.165) is 10.4 Å². The number of sulfonamides is 1. The molecule has 2 aromatic heterocycles. The van der Waals surface area contributed by atoms with Gasteiger partial charge in [0.25, 0.3) is 0 Å². The number of hydrogen-bond donors (Lipinski definition) is 0. The third-order valence-corrected chi connectivity index (χ3v) is 6.76. The van der Waals surface area contributed by atoms with Crippen molar-refractivity contribution in [2.45, 2.75) is 38.3 Å². The van der Waals surface area contributed by atoms with Crippen molar-refractivity contribution in [1.29, 1.82) is 0 Å². The van der Waals surface area contributed by atoms with E-state index in [9.17, 15) is 8.42 Å². The quantitative estimate of drug-likeness (QED) is 0.643. The lowest BCUT2D eigenvalue weighted by atomic mass is 10.2. The van der Waals surface area contributed by atoms with Crippen LogP contribution in [0.3, 0.4) is 0 Å². The van der Waals surface area contributed by atoms with Crippen molar-refractivity contribution in [3.05, 3.63) is 59.1 Å². The van der Waals surface area contributed by atoms with Crippen molar-refractivity contribution >= 4 is 21.4 Å². The molecule has 0 aliphatic carbocycles. The number of nitrogens with zero attached hydrogens (tertiary/aromatic N) is 2. The van der Waals surface area contributed by atoms with E-state index in [2.05, 4.69) is 5.16 Å². The van der Waals surface area contributed by atoms with Crippen molar-refractivity contribution < 1.29 is 12.9 Å². The van der Waals surface area contributed by atoms with Crippen LogP contribution in [0.15, 0.2) is 57.3 Å². The molecule has 0 N–H and O–H groups in total. The van der Waals surface area contributed by atoms with E-state index in [1.54, 1.807) is 41.7 Å². The zero-order valence-corrected chi connectivity index (χ0v) is 16.0. The van der Waals surface area contributed by atoms with Crippen LogP contribution in [-0.4, -0.2) is 23.9 Å². The molecule has 0 spiro atoms. The van der Waals surface area contributed by atoms with Crippen LogP contribution < -0.4 is 0 Å². The summed E-state index contributed by atoms with van der Waals surface area (Å²) in [6.45, 7) is 5.80. The first kappa shape index (κ1) is 17.8. The van der Waals surface area contributed by atoms with Gasteiger partial charge in [0.15, 0.2) is 5.76 Å². The molecule has 3 rings (SSSR count). The van der Waals surface area contributed by atoms with Crippen LogP contribution in [0.5, 0.6) is 0 Å². The molecule has 5 nitrogen and oxygen atoms in total. The Morgan fingerprint density at radius 2 is 1.92 bits per heavy atom. The Labute approximate surface area is 151 Å². The van der Waals surface area contributed by atoms with Gasteiger partial charge in [-0.3, -0.25) is 0 Å². The highest BCUT2D eigenvalue weighted by molar-refractivity contribution is 7.89. The van der Waals surface area contributed by atoms with E-state index < -0.39 is 10.0 Å². The van der Waals surface area contributed by atoms with E-state index in [1.165, 1.54) is 4.31 Å². The molecular weight excluding hydrogens is 356 g/mol. The summed E-state index contributed by atoms with van der Waals surface area (Å²) in [5.41, 5.74) is 1.61. The topological polar surface area (TPSA) is 63.4 Å². The predicted molar refractivity (Wildman–Crippen MR) is 98.9 cm³/mol. The van der Waals surface area contributed by atoms with Crippen molar-refractivity contribution in [1.82, 2.24) is 9.46 Å². The fraction of sp³-hybridized carbons (Fsp3) is 0.278. The third kappa shape index (κ3) is 3.84. The molecule has 0 aliphatic heterocycles. The molecule has 0 fully saturated rings. The van der Waals surface area contributed by atoms with Crippen molar-refractivity contribution in [3.8, 4) is 10.6 Å². The average molecular weight is 377 g/mol. The minimum Gasteiger partial charge on any atom is -0.355 e. The highest BCUT2D eigenvalue weighted by Crippen LogP contribution is 2.27. The fourth-order valence-electron chi connectivity index (χ4n) is 2.47. The molecule has 2 heterocycles. The van der Waals surface area contributed by atoms with Gasteiger partial charge in [0, 0.05) is 12.1 Å². The van der Waals surface area contributed by atoms with Gasteiger partial charge in [-0.15, -0.1) is 11.3 Å². The first-order chi connectivity index (χ1) is 11.9. The maximum atomic E-state index is 13.0. The van der Waals surface area contributed by atoms with E-state index in [0.29, 0.717) is 11.5 Å². The van der Waals surface area contributed by atoms with Gasteiger partial charge < -0.3 is 4.52 Å². The Morgan fingerprint density at radius 3 is 2.52 bits per heavy atom. The minimum atomic E-state index is -3.61. The molecule has 0 saturated carbocycles. The second-order valence-corrected chi connectivity index (χ2v) is 8.96. The number of aryl methyl sites for hydroxylation is 1. The van der Waals surface area contributed by atoms with Gasteiger partial charge in [-0.1, -0.05) is 28.9 Å². The van der Waals surface area contributed by atoms with E-state index in [-0.39, 0.29) is 17.5 Å². The SMILES string of the molecule is Cc1ccc(S(=O)(=O)N(Cc2cc(-c3cccs3)on2)C(C)C)cc1. The summed E-state index contributed by atoms with van der Waals surface area (Å²) < 4.78 is 32.8. The lowest BCUT2D eigenvalue weighted by molar-refractivity contribution is 0.332. The van der Waals surface area contributed by atoms with Crippen LogP contribution in [0.2, 0.25) is 0 Å². The maximum absolute atomic E-state index is 13.0. The Kier molecular flexibility index (Phi) is 5.08. The molecule has 0 saturated heterocycles. The standard InChI is InChI=1S/C18H20N2O3S2/c1-13(2)20(25(21,22)16-8-6-14(3)7-9-16)12-15-11-17(23-19-15)18-5-4-10-24-18/h4-11,13H,12H2,1-3H3. The summed E-state index contributed by atoms with van der Waals surface area (Å²) >= 11 is 1.55. The van der Waals surface area contributed by atoms with Gasteiger partial charge in [0.2, 0.25) is 10.0 Å². The first-order valence-electron chi connectivity index (χ1n) is 7.96. The molecular formula is C18H20N2O3S2. The number of aromatic nitrogens is 1. The molecule has 3 aromatic rings. The van der Waals surface area contributed by atoms with E-state index in [4.69, 9.17) is 4.52 Å². The van der Waals surface area contributed by atoms with Crippen molar-refractivity contribution in [2.75, 3.05) is 0 Å². The first-order valence-corrected chi connectivity index (χ1v) is 10.3. The molecule has 25 heavy (non-hydrogen) atoms. The van der Waals surface area contributed by atoms with Crippen LogP contribution >= 0.6 is 11.3 Å². The predicted octanol–water partition coefficient (Wildman–Crippen LogP) is 4.31. The van der Waals surface area contributed by atoms with Gasteiger partial charge in [0.05, 0.1) is 22.0 Å². The third-order valence-electron chi connectivity index (χ3n) is 3.84. The zero-order valence-electron chi connectivity index (χ0n) is 14.3. The summed E-state index contributed by atoms with van der Waals surface area (Å²) in [5, 5.41) is 6.00. The highest BCUT2D eigenvalue weighted by atomic mass is 32.2. The molecule has 0 radical (unpaired) electrons. The molecule has 132 valence electrons. The summed E-state index contributed by atoms with van der Waals surface area (Å²) in [6.07, 6.45) is 0. The van der Waals surface area contributed by atoms with Gasteiger partial charge >= 0.3 is 0 Å². The summed E-state index contributed by atoms with van der Waals surface area (Å²) in [7, 11) is -3.61. The number of thiophene rings is 1. The monoisotopic (exact) mass is 376 g/mol. The van der Waals surface area contributed by atoms with Crippen LogP contribution in [0, 0.1) is 6.92 Å². The molecule has 7 heteroatoms. The molecule has 0 unspecified atom stereocenters. The van der Waals surface area contributed by atoms with Gasteiger partial charge in [-0.2, -0.15) is 4.31 Å². The van der Waals surface area contributed by atoms with Gasteiger partial charge in [-0.25, -0.2) is 8.42 Å². The van der Waals surface area contributed by atoms with E-state index >= 15 is 0 Å². The Balaban J connectivity index is 1.88. The van der Waals surface area contributed by atoms with Crippen LogP contribution in [-0.2, 0) is 16.6 Å².